The number of thiol groups is 1. The predicted molar refractivity (Wildman–Crippen MR) is 91.6 cm³/mol. The Kier molecular flexibility index (Phi) is 5.63. The van der Waals surface area contributed by atoms with Gasteiger partial charge >= 0.3 is 5.97 Å². The number of carboxylic acids is 1. The second-order valence-corrected chi connectivity index (χ2v) is 8.71. The molecular formula is C14H19ClN2O4S2. The van der Waals surface area contributed by atoms with Crippen LogP contribution in [-0.4, -0.2) is 55.3 Å². The number of nitrogens with one attached hydrogen (secondary N) is 1. The molecule has 6 nitrogen and oxygen atoms in total. The van der Waals surface area contributed by atoms with Gasteiger partial charge < -0.3 is 10.0 Å². The summed E-state index contributed by atoms with van der Waals surface area (Å²) < 4.78 is 26.3. The van der Waals surface area contributed by atoms with Crippen LogP contribution in [0.5, 0.6) is 0 Å². The summed E-state index contributed by atoms with van der Waals surface area (Å²) in [6.45, 7) is 1.31. The highest BCUT2D eigenvalue weighted by molar-refractivity contribution is 7.89. The number of carboxylic acid groups (broad SMARTS) is 1. The molecule has 9 heteroatoms. The largest absolute Gasteiger partial charge is 0.480 e. The van der Waals surface area contributed by atoms with E-state index < -0.39 is 26.8 Å². The number of benzene rings is 1. The molecule has 0 bridgehead atoms. The zero-order valence-corrected chi connectivity index (χ0v) is 15.0. The van der Waals surface area contributed by atoms with Crippen molar-refractivity contribution >= 4 is 40.2 Å². The first-order valence-corrected chi connectivity index (χ1v) is 9.37. The third kappa shape index (κ3) is 4.19. The summed E-state index contributed by atoms with van der Waals surface area (Å²) in [6.07, 6.45) is 0.934. The first-order chi connectivity index (χ1) is 10.7. The Morgan fingerprint density at radius 2 is 1.96 bits per heavy atom. The normalized spacial score (nSPS) is 20.1. The quantitative estimate of drug-likeness (QED) is 0.675. The second-order valence-electron chi connectivity index (χ2n) is 5.73. The molecule has 0 aromatic heterocycles. The van der Waals surface area contributed by atoms with E-state index in [1.807, 2.05) is 7.05 Å². The molecule has 2 rings (SSSR count). The van der Waals surface area contributed by atoms with Gasteiger partial charge in [-0.3, -0.25) is 4.79 Å². The van der Waals surface area contributed by atoms with Gasteiger partial charge in [0.25, 0.3) is 0 Å². The Morgan fingerprint density at radius 1 is 1.39 bits per heavy atom. The van der Waals surface area contributed by atoms with E-state index in [1.54, 1.807) is 6.07 Å². The van der Waals surface area contributed by atoms with Crippen molar-refractivity contribution in [2.75, 3.05) is 20.1 Å². The van der Waals surface area contributed by atoms with E-state index in [-0.39, 0.29) is 9.92 Å². The lowest BCUT2D eigenvalue weighted by Gasteiger charge is -2.40. The van der Waals surface area contributed by atoms with Crippen LogP contribution in [0, 0.1) is 0 Å². The van der Waals surface area contributed by atoms with Crippen LogP contribution < -0.4 is 4.72 Å². The molecule has 1 atom stereocenters. The van der Waals surface area contributed by atoms with Gasteiger partial charge in [0.2, 0.25) is 10.0 Å². The van der Waals surface area contributed by atoms with Crippen molar-refractivity contribution in [2.24, 2.45) is 0 Å². The van der Waals surface area contributed by atoms with E-state index in [1.165, 1.54) is 18.2 Å². The lowest BCUT2D eigenvalue weighted by Crippen LogP contribution is -2.57. The summed E-state index contributed by atoms with van der Waals surface area (Å²) in [6, 6.07) is 4.58. The molecule has 1 aromatic carbocycles. The predicted octanol–water partition coefficient (Wildman–Crippen LogP) is 1.47. The average molecular weight is 379 g/mol. The van der Waals surface area contributed by atoms with Crippen LogP contribution in [0.25, 0.3) is 0 Å². The Morgan fingerprint density at radius 3 is 2.48 bits per heavy atom. The van der Waals surface area contributed by atoms with Crippen LogP contribution >= 0.6 is 24.2 Å². The lowest BCUT2D eigenvalue weighted by molar-refractivity contribution is -0.140. The van der Waals surface area contributed by atoms with Gasteiger partial charge in [-0.15, -0.1) is 0 Å². The number of likely N-dealkylation sites (tertiary alicyclic amines) is 1. The van der Waals surface area contributed by atoms with Crippen LogP contribution in [-0.2, 0) is 14.8 Å². The van der Waals surface area contributed by atoms with Gasteiger partial charge in [0.05, 0.1) is 5.02 Å². The molecule has 23 heavy (non-hydrogen) atoms. The molecule has 1 saturated heterocycles. The number of rotatable bonds is 5. The number of aliphatic carboxylic acids is 1. The summed E-state index contributed by atoms with van der Waals surface area (Å²) in [5.41, 5.74) is 0. The third-order valence-corrected chi connectivity index (χ3v) is 6.66. The highest BCUT2D eigenvalue weighted by Crippen LogP contribution is 2.33. The minimum Gasteiger partial charge on any atom is -0.480 e. The van der Waals surface area contributed by atoms with Gasteiger partial charge in [-0.25, -0.2) is 8.42 Å². The summed E-state index contributed by atoms with van der Waals surface area (Å²) >= 11 is 10.4. The van der Waals surface area contributed by atoms with Crippen molar-refractivity contribution in [1.29, 1.82) is 0 Å². The summed E-state index contributed by atoms with van der Waals surface area (Å²) in [7, 11) is -2.13. The topological polar surface area (TPSA) is 86.7 Å². The first kappa shape index (κ1) is 18.5. The van der Waals surface area contributed by atoms with Crippen molar-refractivity contribution in [3.8, 4) is 0 Å². The van der Waals surface area contributed by atoms with Crippen molar-refractivity contribution < 1.29 is 18.3 Å². The lowest BCUT2D eigenvalue weighted by atomic mass is 9.89. The highest BCUT2D eigenvalue weighted by Gasteiger charge is 2.44. The summed E-state index contributed by atoms with van der Waals surface area (Å²) in [5.74, 6) is -1.25. The van der Waals surface area contributed by atoms with Crippen molar-refractivity contribution in [3.63, 3.8) is 0 Å². The smallest absolute Gasteiger partial charge is 0.323 e. The molecule has 1 aliphatic heterocycles. The number of piperidine rings is 1. The summed E-state index contributed by atoms with van der Waals surface area (Å²) in [5, 5.41) is 9.56. The van der Waals surface area contributed by atoms with Crippen LogP contribution in [0.15, 0.2) is 29.2 Å². The van der Waals surface area contributed by atoms with Gasteiger partial charge in [0.1, 0.15) is 10.9 Å². The van der Waals surface area contributed by atoms with Gasteiger partial charge in [-0.1, -0.05) is 23.7 Å². The fourth-order valence-electron chi connectivity index (χ4n) is 2.57. The molecule has 128 valence electrons. The molecule has 0 radical (unpaired) electrons. The Hall–Kier alpha value is -0.800. The molecule has 1 aliphatic rings. The van der Waals surface area contributed by atoms with Gasteiger partial charge in [0.15, 0.2) is 0 Å². The monoisotopic (exact) mass is 378 g/mol. The molecule has 0 saturated carbocycles. The van der Waals surface area contributed by atoms with Crippen LogP contribution in [0.1, 0.15) is 12.8 Å². The van der Waals surface area contributed by atoms with Crippen LogP contribution in [0.4, 0.5) is 0 Å². The van der Waals surface area contributed by atoms with Crippen LogP contribution in [0.3, 0.4) is 0 Å². The van der Waals surface area contributed by atoms with Gasteiger partial charge in [-0.05, 0) is 45.1 Å². The molecule has 0 spiro atoms. The Balaban J connectivity index is 2.30. The first-order valence-electron chi connectivity index (χ1n) is 7.06. The zero-order valence-electron chi connectivity index (χ0n) is 12.6. The number of sulfonamides is 1. The van der Waals surface area contributed by atoms with E-state index in [0.29, 0.717) is 25.9 Å². The zero-order chi connectivity index (χ0) is 17.3. The SMILES string of the molecule is CN1CCC(S)([C@H](NS(=O)(=O)c2ccccc2Cl)C(=O)O)CC1. The van der Waals surface area contributed by atoms with Crippen molar-refractivity contribution in [1.82, 2.24) is 9.62 Å². The van der Waals surface area contributed by atoms with Crippen molar-refractivity contribution in [3.05, 3.63) is 29.3 Å². The molecule has 1 heterocycles. The average Bonchev–Trinajstić information content (AvgIpc) is 2.48. The minimum absolute atomic E-state index is 0.0423. The molecule has 0 amide bonds. The maximum atomic E-state index is 12.5. The van der Waals surface area contributed by atoms with E-state index in [2.05, 4.69) is 22.3 Å². The number of nitrogens with zero attached hydrogens (tertiary/aromatic N) is 1. The Labute approximate surface area is 146 Å². The van der Waals surface area contributed by atoms with E-state index in [9.17, 15) is 18.3 Å². The van der Waals surface area contributed by atoms with E-state index >= 15 is 0 Å². The molecule has 1 aromatic rings. The van der Waals surface area contributed by atoms with E-state index in [4.69, 9.17) is 11.6 Å². The fraction of sp³-hybridized carbons (Fsp3) is 0.500. The minimum atomic E-state index is -4.06. The van der Waals surface area contributed by atoms with E-state index in [0.717, 1.165) is 0 Å². The fourth-order valence-corrected chi connectivity index (χ4v) is 4.81. The highest BCUT2D eigenvalue weighted by atomic mass is 35.5. The maximum absolute atomic E-state index is 12.5. The third-order valence-electron chi connectivity index (χ3n) is 4.04. The Bertz CT molecular complexity index is 688. The number of hydrogen-bond acceptors (Lipinski definition) is 5. The van der Waals surface area contributed by atoms with Gasteiger partial charge in [0, 0.05) is 4.75 Å². The second kappa shape index (κ2) is 6.98. The molecular weight excluding hydrogens is 360 g/mol. The number of hydrogen-bond donors (Lipinski definition) is 3. The molecule has 0 aliphatic carbocycles. The molecule has 2 N–H and O–H groups in total. The maximum Gasteiger partial charge on any atom is 0.323 e. The van der Waals surface area contributed by atoms with Crippen molar-refractivity contribution in [2.45, 2.75) is 28.5 Å². The number of halogens is 1. The standard InChI is InChI=1S/C14H19ClN2O4S2/c1-17-8-6-14(22,7-9-17)12(13(18)19)16-23(20,21)11-5-3-2-4-10(11)15/h2-5,12,16,22H,6-9H2,1H3,(H,18,19)/t12-/m1/s1. The van der Waals surface area contributed by atoms with Gasteiger partial charge in [-0.2, -0.15) is 17.4 Å². The summed E-state index contributed by atoms with van der Waals surface area (Å²) in [4.78, 5) is 13.6. The molecule has 0 unspecified atom stereocenters. The van der Waals surface area contributed by atoms with Crippen LogP contribution in [0.2, 0.25) is 5.02 Å². The number of carbonyl (C=O) groups is 1. The molecule has 1 fully saturated rings.